The van der Waals surface area contributed by atoms with Crippen molar-refractivity contribution in [3.05, 3.63) is 0 Å². The van der Waals surface area contributed by atoms with Crippen LogP contribution in [0.15, 0.2) is 5.16 Å². The molecule has 0 heterocycles. The molecule has 1 rings (SSSR count). The Morgan fingerprint density at radius 2 is 2.42 bits per heavy atom. The normalized spacial score (nSPS) is 37.5. The number of rotatable bonds is 1. The topological polar surface area (TPSA) is 49.7 Å². The number of ketones is 1. The molecule has 5 heteroatoms. The van der Waals surface area contributed by atoms with E-state index in [-0.39, 0.29) is 12.8 Å². The average Bonchev–Trinajstić information content (AvgIpc) is 1.98. The molecule has 0 saturated heterocycles. The summed E-state index contributed by atoms with van der Waals surface area (Å²) in [6, 6.07) is 0. The van der Waals surface area contributed by atoms with Crippen molar-refractivity contribution < 1.29 is 18.8 Å². The number of carbonyl (C=O) groups is 1. The summed E-state index contributed by atoms with van der Waals surface area (Å²) in [5.41, 5.74) is -2.40. The van der Waals surface area contributed by atoms with Crippen molar-refractivity contribution in [2.45, 2.75) is 31.1 Å². The lowest BCUT2D eigenvalue weighted by Crippen LogP contribution is -2.42. The summed E-state index contributed by atoms with van der Waals surface area (Å²) < 4.78 is 26.0. The van der Waals surface area contributed by atoms with Gasteiger partial charge in [-0.1, -0.05) is 5.16 Å². The molecule has 0 aliphatic heterocycles. The Bertz CT molecular complexity index is 219. The third-order valence-electron chi connectivity index (χ3n) is 1.93. The molecule has 1 N–H and O–H groups in total. The Labute approximate surface area is 68.1 Å². The van der Waals surface area contributed by atoms with Gasteiger partial charge in [0.25, 0.3) is 0 Å². The number of nitrogens with zero attached hydrogens (tertiary/aromatic N) is 1. The van der Waals surface area contributed by atoms with Crippen molar-refractivity contribution in [2.75, 3.05) is 0 Å². The Kier molecular flexibility index (Phi) is 2.40. The Morgan fingerprint density at radius 1 is 1.75 bits per heavy atom. The first kappa shape index (κ1) is 9.09. The van der Waals surface area contributed by atoms with E-state index in [4.69, 9.17) is 5.21 Å². The largest absolute Gasteiger partial charge is 0.411 e. The van der Waals surface area contributed by atoms with Crippen molar-refractivity contribution in [2.24, 2.45) is 5.16 Å². The highest BCUT2D eigenvalue weighted by atomic mass is 19.2. The van der Waals surface area contributed by atoms with Crippen molar-refractivity contribution in [3.8, 4) is 0 Å². The first-order chi connectivity index (χ1) is 5.58. The molecule has 2 atom stereocenters. The van der Waals surface area contributed by atoms with E-state index in [9.17, 15) is 13.6 Å². The maximum absolute atomic E-state index is 13.3. The molecule has 0 aromatic carbocycles. The molecule has 3 nitrogen and oxygen atoms in total. The summed E-state index contributed by atoms with van der Waals surface area (Å²) in [5, 5.41) is 10.5. The lowest BCUT2D eigenvalue weighted by Gasteiger charge is -2.25. The zero-order valence-electron chi connectivity index (χ0n) is 6.33. The molecular weight excluding hydrogens is 168 g/mol. The highest BCUT2D eigenvalue weighted by Gasteiger charge is 2.43. The van der Waals surface area contributed by atoms with E-state index in [1.165, 1.54) is 0 Å². The van der Waals surface area contributed by atoms with Gasteiger partial charge in [-0.2, -0.15) is 0 Å². The Morgan fingerprint density at radius 3 is 3.00 bits per heavy atom. The van der Waals surface area contributed by atoms with Crippen LogP contribution < -0.4 is 0 Å². The SMILES string of the molecule is O=C1CCC(F)CC1(F)/C=N/O. The van der Waals surface area contributed by atoms with Crippen LogP contribution in [0, 0.1) is 0 Å². The molecule has 1 aliphatic rings. The number of hydrogen-bond donors (Lipinski definition) is 1. The predicted molar refractivity (Wildman–Crippen MR) is 37.9 cm³/mol. The van der Waals surface area contributed by atoms with Gasteiger partial charge < -0.3 is 5.21 Å². The van der Waals surface area contributed by atoms with Crippen LogP contribution in [0.5, 0.6) is 0 Å². The number of hydrogen-bond acceptors (Lipinski definition) is 3. The third-order valence-corrected chi connectivity index (χ3v) is 1.93. The monoisotopic (exact) mass is 177 g/mol. The van der Waals surface area contributed by atoms with Crippen molar-refractivity contribution in [1.82, 2.24) is 0 Å². The Hall–Kier alpha value is -1.00. The van der Waals surface area contributed by atoms with Crippen LogP contribution in [0.4, 0.5) is 8.78 Å². The van der Waals surface area contributed by atoms with Gasteiger partial charge in [-0.05, 0) is 6.42 Å². The highest BCUT2D eigenvalue weighted by Crippen LogP contribution is 2.29. The predicted octanol–water partition coefficient (Wildman–Crippen LogP) is 1.25. The molecule has 1 aliphatic carbocycles. The van der Waals surface area contributed by atoms with E-state index in [1.54, 1.807) is 0 Å². The molecule has 0 aromatic heterocycles. The maximum atomic E-state index is 13.3. The minimum atomic E-state index is -2.40. The van der Waals surface area contributed by atoms with Crippen LogP contribution in [0.25, 0.3) is 0 Å². The number of oxime groups is 1. The molecular formula is C7H9F2NO2. The second kappa shape index (κ2) is 3.16. The smallest absolute Gasteiger partial charge is 0.209 e. The summed E-state index contributed by atoms with van der Waals surface area (Å²) in [7, 11) is 0. The molecule has 0 aromatic rings. The summed E-state index contributed by atoms with van der Waals surface area (Å²) in [6.07, 6.45) is -1.48. The van der Waals surface area contributed by atoms with Gasteiger partial charge >= 0.3 is 0 Å². The van der Waals surface area contributed by atoms with Crippen molar-refractivity contribution >= 4 is 12.0 Å². The van der Waals surface area contributed by atoms with E-state index in [2.05, 4.69) is 5.16 Å². The molecule has 0 amide bonds. The molecule has 68 valence electrons. The zero-order valence-corrected chi connectivity index (χ0v) is 6.33. The third kappa shape index (κ3) is 1.60. The number of alkyl halides is 2. The average molecular weight is 177 g/mol. The summed E-state index contributed by atoms with van der Waals surface area (Å²) in [4.78, 5) is 10.9. The van der Waals surface area contributed by atoms with Gasteiger partial charge in [-0.15, -0.1) is 0 Å². The van der Waals surface area contributed by atoms with Crippen LogP contribution in [0.1, 0.15) is 19.3 Å². The summed E-state index contributed by atoms with van der Waals surface area (Å²) in [5.74, 6) is -0.714. The highest BCUT2D eigenvalue weighted by molar-refractivity contribution is 6.03. The summed E-state index contributed by atoms with van der Waals surface area (Å²) in [6.45, 7) is 0. The number of carbonyl (C=O) groups excluding carboxylic acids is 1. The van der Waals surface area contributed by atoms with Crippen LogP contribution in [-0.4, -0.2) is 29.0 Å². The van der Waals surface area contributed by atoms with Gasteiger partial charge in [-0.3, -0.25) is 4.79 Å². The minimum Gasteiger partial charge on any atom is -0.411 e. The van der Waals surface area contributed by atoms with Gasteiger partial charge in [0.2, 0.25) is 5.67 Å². The standard InChI is InChI=1S/C7H9F2NO2/c8-5-1-2-6(11)7(9,3-5)4-10-12/h4-5,12H,1-3H2/b10-4+. The molecule has 0 bridgehead atoms. The summed E-state index contributed by atoms with van der Waals surface area (Å²) >= 11 is 0. The van der Waals surface area contributed by atoms with Gasteiger partial charge in [0.15, 0.2) is 5.78 Å². The van der Waals surface area contributed by atoms with Crippen molar-refractivity contribution in [3.63, 3.8) is 0 Å². The van der Waals surface area contributed by atoms with E-state index in [0.29, 0.717) is 6.21 Å². The van der Waals surface area contributed by atoms with Crippen LogP contribution >= 0.6 is 0 Å². The number of halogens is 2. The van der Waals surface area contributed by atoms with Crippen molar-refractivity contribution in [1.29, 1.82) is 0 Å². The fourth-order valence-electron chi connectivity index (χ4n) is 1.25. The Balaban J connectivity index is 2.77. The van der Waals surface area contributed by atoms with Gasteiger partial charge in [-0.25, -0.2) is 8.78 Å². The van der Waals surface area contributed by atoms with E-state index < -0.39 is 24.0 Å². The van der Waals surface area contributed by atoms with Crippen LogP contribution in [0.2, 0.25) is 0 Å². The van der Waals surface area contributed by atoms with E-state index in [1.807, 2.05) is 0 Å². The molecule has 2 unspecified atom stereocenters. The lowest BCUT2D eigenvalue weighted by atomic mass is 9.85. The fraction of sp³-hybridized carbons (Fsp3) is 0.714. The van der Waals surface area contributed by atoms with E-state index in [0.717, 1.165) is 0 Å². The fourth-order valence-corrected chi connectivity index (χ4v) is 1.25. The minimum absolute atomic E-state index is 0.0593. The van der Waals surface area contributed by atoms with Crippen LogP contribution in [-0.2, 0) is 4.79 Å². The van der Waals surface area contributed by atoms with Gasteiger partial charge in [0.05, 0.1) is 6.21 Å². The molecule has 0 spiro atoms. The van der Waals surface area contributed by atoms with E-state index >= 15 is 0 Å². The van der Waals surface area contributed by atoms with Crippen LogP contribution in [0.3, 0.4) is 0 Å². The van der Waals surface area contributed by atoms with Gasteiger partial charge in [0.1, 0.15) is 6.17 Å². The first-order valence-electron chi connectivity index (χ1n) is 3.63. The molecule has 1 saturated carbocycles. The lowest BCUT2D eigenvalue weighted by molar-refractivity contribution is -0.130. The maximum Gasteiger partial charge on any atom is 0.209 e. The number of Topliss-reactive ketones (excluding diaryl/α,β-unsaturated/α-hetero) is 1. The second-order valence-electron chi connectivity index (χ2n) is 2.87. The molecule has 0 radical (unpaired) electrons. The molecule has 1 fully saturated rings. The first-order valence-corrected chi connectivity index (χ1v) is 3.63. The zero-order chi connectivity index (χ0) is 9.19. The quantitative estimate of drug-likeness (QED) is 0.372. The second-order valence-corrected chi connectivity index (χ2v) is 2.87. The van der Waals surface area contributed by atoms with Gasteiger partial charge in [0, 0.05) is 12.8 Å². The molecule has 12 heavy (non-hydrogen) atoms.